The van der Waals surface area contributed by atoms with Crippen molar-refractivity contribution in [3.63, 3.8) is 0 Å². The first-order valence-corrected chi connectivity index (χ1v) is 14.1. The monoisotopic (exact) mass is 609 g/mol. The lowest BCUT2D eigenvalue weighted by Crippen LogP contribution is -2.34. The van der Waals surface area contributed by atoms with E-state index in [1.165, 1.54) is 0 Å². The highest BCUT2D eigenvalue weighted by Crippen LogP contribution is 2.47. The maximum absolute atomic E-state index is 12.8. The number of ether oxygens (including phenoxy) is 6. The van der Waals surface area contributed by atoms with Crippen LogP contribution in [-0.4, -0.2) is 45.9 Å². The van der Waals surface area contributed by atoms with Gasteiger partial charge in [-0.2, -0.15) is 0 Å². The van der Waals surface area contributed by atoms with E-state index < -0.39 is 23.6 Å². The van der Waals surface area contributed by atoms with E-state index in [1.54, 1.807) is 28.3 Å². The molecule has 1 unspecified atom stereocenters. The van der Waals surface area contributed by atoms with Gasteiger partial charge in [-0.25, -0.2) is 0 Å². The molecule has 0 aromatic heterocycles. The van der Waals surface area contributed by atoms with Gasteiger partial charge in [0.15, 0.2) is 5.60 Å². The topological polar surface area (TPSA) is 138 Å². The first kappa shape index (κ1) is 30.8. The number of rotatable bonds is 11. The standard InChI is InChI=1S/C34H31N3O8/c1-5-43-32(38)30(36-37-35)33(39)44-20-22-18-21-6-11-27(42-4)19-29(21)31-28(22)16-17-34(45-31,23-7-12-25(40-2)13-8-23)24-9-14-26(41-3)15-10-24/h6-19,30H,5,20H2,1-4H3. The molecular weight excluding hydrogens is 578 g/mol. The smallest absolute Gasteiger partial charge is 0.326 e. The van der Waals surface area contributed by atoms with E-state index in [1.807, 2.05) is 84.9 Å². The third-order valence-electron chi connectivity index (χ3n) is 7.48. The first-order valence-electron chi connectivity index (χ1n) is 14.1. The van der Waals surface area contributed by atoms with Crippen molar-refractivity contribution in [2.24, 2.45) is 5.11 Å². The number of carbonyl (C=O) groups is 2. The maximum Gasteiger partial charge on any atom is 0.326 e. The average Bonchev–Trinajstić information content (AvgIpc) is 3.09. The third kappa shape index (κ3) is 6.07. The Kier molecular flexibility index (Phi) is 9.11. The summed E-state index contributed by atoms with van der Waals surface area (Å²) in [5, 5.41) is 4.85. The zero-order valence-electron chi connectivity index (χ0n) is 25.2. The molecule has 0 bridgehead atoms. The fourth-order valence-corrected chi connectivity index (χ4v) is 5.19. The van der Waals surface area contributed by atoms with Gasteiger partial charge in [-0.3, -0.25) is 9.59 Å². The Morgan fingerprint density at radius 1 is 0.844 bits per heavy atom. The number of esters is 2. The number of nitrogens with zero attached hydrogens (tertiary/aromatic N) is 3. The van der Waals surface area contributed by atoms with Crippen molar-refractivity contribution in [2.45, 2.75) is 25.2 Å². The third-order valence-corrected chi connectivity index (χ3v) is 7.48. The van der Waals surface area contributed by atoms with Crippen molar-refractivity contribution in [3.8, 4) is 23.0 Å². The maximum atomic E-state index is 12.8. The summed E-state index contributed by atoms with van der Waals surface area (Å²) in [6.07, 6.45) is 3.86. The van der Waals surface area contributed by atoms with Crippen LogP contribution >= 0.6 is 0 Å². The summed E-state index contributed by atoms with van der Waals surface area (Å²) in [7, 11) is 4.80. The van der Waals surface area contributed by atoms with E-state index in [-0.39, 0.29) is 13.2 Å². The lowest BCUT2D eigenvalue weighted by atomic mass is 9.82. The molecule has 0 amide bonds. The molecule has 0 N–H and O–H groups in total. The lowest BCUT2D eigenvalue weighted by Gasteiger charge is -2.37. The molecule has 1 aliphatic rings. The number of hydrogen-bond acceptors (Lipinski definition) is 9. The molecule has 5 rings (SSSR count). The molecule has 1 aliphatic heterocycles. The number of azide groups is 1. The van der Waals surface area contributed by atoms with Crippen LogP contribution in [0.15, 0.2) is 84.0 Å². The number of hydrogen-bond donors (Lipinski definition) is 0. The quantitative estimate of drug-likeness (QED) is 0.0618. The van der Waals surface area contributed by atoms with E-state index in [0.29, 0.717) is 34.1 Å². The Hall–Kier alpha value is -5.67. The van der Waals surface area contributed by atoms with Gasteiger partial charge in [0, 0.05) is 32.6 Å². The van der Waals surface area contributed by atoms with Crippen LogP contribution in [0.2, 0.25) is 0 Å². The van der Waals surface area contributed by atoms with Gasteiger partial charge in [-0.05, 0) is 66.4 Å². The highest BCUT2D eigenvalue weighted by Gasteiger charge is 2.39. The molecule has 0 radical (unpaired) electrons. The Morgan fingerprint density at radius 2 is 1.42 bits per heavy atom. The second kappa shape index (κ2) is 13.3. The fourth-order valence-electron chi connectivity index (χ4n) is 5.19. The molecule has 4 aromatic carbocycles. The molecule has 0 aliphatic carbocycles. The first-order chi connectivity index (χ1) is 21.9. The van der Waals surface area contributed by atoms with E-state index in [2.05, 4.69) is 10.0 Å². The predicted molar refractivity (Wildman–Crippen MR) is 166 cm³/mol. The minimum Gasteiger partial charge on any atom is -0.497 e. The SMILES string of the molecule is CCOC(=O)C(N=[N+]=[N-])C(=O)OCc1cc2ccc(OC)cc2c2c1C=CC(c1ccc(OC)cc1)(c1ccc(OC)cc1)O2. The van der Waals surface area contributed by atoms with Gasteiger partial charge in [0.05, 0.1) is 27.9 Å². The van der Waals surface area contributed by atoms with Gasteiger partial charge < -0.3 is 28.4 Å². The van der Waals surface area contributed by atoms with Crippen LogP contribution in [0.3, 0.4) is 0 Å². The fraction of sp³-hybridized carbons (Fsp3) is 0.235. The summed E-state index contributed by atoms with van der Waals surface area (Å²) in [5.74, 6) is 0.549. The van der Waals surface area contributed by atoms with E-state index in [0.717, 1.165) is 21.9 Å². The van der Waals surface area contributed by atoms with E-state index >= 15 is 0 Å². The van der Waals surface area contributed by atoms with Crippen molar-refractivity contribution in [2.75, 3.05) is 27.9 Å². The van der Waals surface area contributed by atoms with Crippen LogP contribution in [0.25, 0.3) is 27.3 Å². The highest BCUT2D eigenvalue weighted by molar-refractivity contribution is 5.99. The molecule has 0 saturated heterocycles. The van der Waals surface area contributed by atoms with Gasteiger partial charge in [-0.15, -0.1) is 0 Å². The second-order valence-electron chi connectivity index (χ2n) is 9.96. The van der Waals surface area contributed by atoms with Gasteiger partial charge in [0.2, 0.25) is 6.04 Å². The Bertz CT molecular complexity index is 1750. The van der Waals surface area contributed by atoms with Crippen LogP contribution in [0, 0.1) is 0 Å². The van der Waals surface area contributed by atoms with Crippen LogP contribution in [0.4, 0.5) is 0 Å². The summed E-state index contributed by atoms with van der Waals surface area (Å²) < 4.78 is 33.8. The Balaban J connectivity index is 1.63. The molecule has 0 spiro atoms. The zero-order valence-corrected chi connectivity index (χ0v) is 25.2. The van der Waals surface area contributed by atoms with Gasteiger partial charge in [0.1, 0.15) is 29.6 Å². The number of methoxy groups -OCH3 is 3. The Labute approximate surface area is 259 Å². The summed E-state index contributed by atoms with van der Waals surface area (Å²) in [6, 6.07) is 20.9. The van der Waals surface area contributed by atoms with Gasteiger partial charge in [-0.1, -0.05) is 41.5 Å². The number of fused-ring (bicyclic) bond motifs is 3. The van der Waals surface area contributed by atoms with Crippen molar-refractivity contribution in [1.29, 1.82) is 0 Å². The minimum absolute atomic E-state index is 0.0114. The minimum atomic E-state index is -1.76. The molecule has 4 aromatic rings. The number of benzene rings is 4. The summed E-state index contributed by atoms with van der Waals surface area (Å²) in [4.78, 5) is 27.7. The Morgan fingerprint density at radius 3 is 1.98 bits per heavy atom. The molecule has 1 atom stereocenters. The molecule has 45 heavy (non-hydrogen) atoms. The van der Waals surface area contributed by atoms with Gasteiger partial charge in [0.25, 0.3) is 0 Å². The second-order valence-corrected chi connectivity index (χ2v) is 9.96. The molecular formula is C34H31N3O8. The zero-order chi connectivity index (χ0) is 32.0. The molecule has 11 heteroatoms. The largest absolute Gasteiger partial charge is 0.497 e. The average molecular weight is 610 g/mol. The van der Waals surface area contributed by atoms with Crippen molar-refractivity contribution in [1.82, 2.24) is 0 Å². The highest BCUT2D eigenvalue weighted by atomic mass is 16.6. The molecule has 11 nitrogen and oxygen atoms in total. The van der Waals surface area contributed by atoms with Crippen molar-refractivity contribution in [3.05, 3.63) is 112 Å². The molecule has 0 fully saturated rings. The van der Waals surface area contributed by atoms with Crippen molar-refractivity contribution >= 4 is 28.8 Å². The molecule has 230 valence electrons. The lowest BCUT2D eigenvalue weighted by molar-refractivity contribution is -0.157. The van der Waals surface area contributed by atoms with Crippen LogP contribution in [0.5, 0.6) is 23.0 Å². The summed E-state index contributed by atoms with van der Waals surface area (Å²) in [6.45, 7) is 1.36. The van der Waals surface area contributed by atoms with Gasteiger partial charge >= 0.3 is 11.9 Å². The molecule has 1 heterocycles. The van der Waals surface area contributed by atoms with Crippen molar-refractivity contribution < 1.29 is 38.0 Å². The van der Waals surface area contributed by atoms with E-state index in [4.69, 9.17) is 34.0 Å². The van der Waals surface area contributed by atoms with Crippen LogP contribution < -0.4 is 18.9 Å². The van der Waals surface area contributed by atoms with Crippen LogP contribution in [-0.2, 0) is 31.3 Å². The van der Waals surface area contributed by atoms with Crippen LogP contribution in [0.1, 0.15) is 29.2 Å². The summed E-state index contributed by atoms with van der Waals surface area (Å²) >= 11 is 0. The predicted octanol–water partition coefficient (Wildman–Crippen LogP) is 6.50. The van der Waals surface area contributed by atoms with E-state index in [9.17, 15) is 9.59 Å². The normalized spacial score (nSPS) is 13.4. The molecule has 0 saturated carbocycles. The number of carbonyl (C=O) groups excluding carboxylic acids is 2. The summed E-state index contributed by atoms with van der Waals surface area (Å²) in [5.41, 5.74) is 10.8.